The average Bonchev–Trinajstić information content (AvgIpc) is 2.75. The first kappa shape index (κ1) is 27.3. The zero-order valence-corrected chi connectivity index (χ0v) is 23.1. The molecule has 0 radical (unpaired) electrons. The van der Waals surface area contributed by atoms with Gasteiger partial charge in [0.05, 0.1) is 52.9 Å². The Morgan fingerprint density at radius 3 is 2.03 bits per heavy atom. The van der Waals surface area contributed by atoms with Crippen LogP contribution in [0.25, 0.3) is 0 Å². The van der Waals surface area contributed by atoms with Crippen molar-refractivity contribution >= 4 is 0 Å². The molecule has 0 N–H and O–H groups in total. The molecule has 4 aliphatic heterocycles. The zero-order valence-electron chi connectivity index (χ0n) is 19.9. The lowest BCUT2D eigenvalue weighted by molar-refractivity contribution is -0.947. The van der Waals surface area contributed by atoms with Gasteiger partial charge in [-0.05, 0) is 62.8 Å². The fourth-order valence-corrected chi connectivity index (χ4v) is 6.87. The molecule has 0 aliphatic carbocycles. The molecule has 4 aliphatic rings. The second kappa shape index (κ2) is 13.1. The summed E-state index contributed by atoms with van der Waals surface area (Å²) in [6.45, 7) is 10.2. The van der Waals surface area contributed by atoms with Gasteiger partial charge in [0, 0.05) is 18.8 Å². The summed E-state index contributed by atoms with van der Waals surface area (Å²) in [5, 5.41) is 0. The third kappa shape index (κ3) is 7.83. The predicted octanol–water partition coefficient (Wildman–Crippen LogP) is -0.325. The highest BCUT2D eigenvalue weighted by molar-refractivity contribution is 5.15. The smallest absolute Gasteiger partial charge is 0.0821 e. The van der Waals surface area contributed by atoms with Crippen LogP contribution in [0.2, 0.25) is 0 Å². The molecule has 2 nitrogen and oxygen atoms in total. The molecule has 4 saturated heterocycles. The number of hydrogen-bond donors (Lipinski definition) is 0. The minimum Gasteiger partial charge on any atom is -1.00 e. The summed E-state index contributed by atoms with van der Waals surface area (Å²) in [6.07, 6.45) is 16.0. The Hall–Kier alpha value is 0.1000. The normalized spacial score (nSPS) is 29.1. The van der Waals surface area contributed by atoms with Gasteiger partial charge in [0.2, 0.25) is 0 Å². The van der Waals surface area contributed by atoms with E-state index >= 15 is 0 Å². The highest BCUT2D eigenvalue weighted by Crippen LogP contribution is 2.39. The van der Waals surface area contributed by atoms with Crippen LogP contribution in [-0.2, 0) is 6.42 Å². The first-order chi connectivity index (χ1) is 14.2. The number of benzene rings is 1. The van der Waals surface area contributed by atoms with Gasteiger partial charge >= 0.3 is 0 Å². The standard InChI is InChI=1S/C27H46N2.2BrH/c1-28(18-10-6-11-19-28)17-9-3-2-4-12-20-29-21-15-26(16-22-29)27(24-29)23-25-13-7-5-8-14-25;;/h5,7-8,13-14,26-27H,2-4,6,9-12,15-24H2,1H3;2*1H/q+2;;/p-2. The first-order valence-electron chi connectivity index (χ1n) is 12.9. The number of rotatable bonds is 10. The van der Waals surface area contributed by atoms with Crippen LogP contribution < -0.4 is 34.0 Å². The monoisotopic (exact) mass is 556 g/mol. The quantitative estimate of drug-likeness (QED) is 0.273. The van der Waals surface area contributed by atoms with E-state index in [4.69, 9.17) is 0 Å². The molecule has 1 aromatic rings. The van der Waals surface area contributed by atoms with Crippen molar-refractivity contribution in [3.8, 4) is 0 Å². The molecule has 1 aromatic carbocycles. The second-order valence-corrected chi connectivity index (χ2v) is 11.1. The summed E-state index contributed by atoms with van der Waals surface area (Å²) in [4.78, 5) is 0. The van der Waals surface area contributed by atoms with Crippen molar-refractivity contribution in [2.45, 2.75) is 70.6 Å². The van der Waals surface area contributed by atoms with Crippen LogP contribution in [-0.4, -0.2) is 61.8 Å². The molecule has 0 saturated carbocycles. The van der Waals surface area contributed by atoms with Gasteiger partial charge in [-0.1, -0.05) is 36.8 Å². The molecule has 2 bridgehead atoms. The Balaban J connectivity index is 0.00000171. The number of piperidine rings is 4. The molecule has 178 valence electrons. The molecule has 4 heterocycles. The van der Waals surface area contributed by atoms with Crippen LogP contribution in [0, 0.1) is 11.8 Å². The van der Waals surface area contributed by atoms with E-state index in [-0.39, 0.29) is 34.0 Å². The van der Waals surface area contributed by atoms with E-state index in [1.807, 2.05) is 0 Å². The fourth-order valence-electron chi connectivity index (χ4n) is 6.87. The number of fused-ring (bicyclic) bond motifs is 3. The summed E-state index contributed by atoms with van der Waals surface area (Å²) in [5.74, 6) is 1.95. The molecule has 4 heteroatoms. The average molecular weight is 558 g/mol. The lowest BCUT2D eigenvalue weighted by Gasteiger charge is -2.53. The highest BCUT2D eigenvalue weighted by atomic mass is 79.9. The van der Waals surface area contributed by atoms with E-state index in [9.17, 15) is 0 Å². The van der Waals surface area contributed by atoms with Crippen LogP contribution in [0.5, 0.6) is 0 Å². The van der Waals surface area contributed by atoms with Crippen molar-refractivity contribution in [1.29, 1.82) is 0 Å². The Morgan fingerprint density at radius 2 is 1.35 bits per heavy atom. The largest absolute Gasteiger partial charge is 1.00 e. The first-order valence-corrected chi connectivity index (χ1v) is 12.9. The van der Waals surface area contributed by atoms with Crippen LogP contribution in [0.15, 0.2) is 30.3 Å². The molecule has 1 atom stereocenters. The second-order valence-electron chi connectivity index (χ2n) is 11.1. The van der Waals surface area contributed by atoms with Gasteiger partial charge in [-0.15, -0.1) is 0 Å². The summed E-state index contributed by atoms with van der Waals surface area (Å²) in [5.41, 5.74) is 1.56. The predicted molar refractivity (Wildman–Crippen MR) is 124 cm³/mol. The molecule has 4 fully saturated rings. The van der Waals surface area contributed by atoms with E-state index < -0.39 is 0 Å². The van der Waals surface area contributed by atoms with Crippen molar-refractivity contribution in [3.63, 3.8) is 0 Å². The van der Waals surface area contributed by atoms with Gasteiger partial charge in [0.25, 0.3) is 0 Å². The topological polar surface area (TPSA) is 0 Å². The minimum absolute atomic E-state index is 0. The Bertz CT molecular complexity index is 607. The summed E-state index contributed by atoms with van der Waals surface area (Å²) in [6, 6.07) is 11.3. The number of nitrogens with zero attached hydrogens (tertiary/aromatic N) is 2. The van der Waals surface area contributed by atoms with Crippen molar-refractivity contribution in [2.24, 2.45) is 11.8 Å². The molecule has 0 aromatic heterocycles. The molecule has 0 spiro atoms. The third-order valence-corrected chi connectivity index (χ3v) is 8.80. The van der Waals surface area contributed by atoms with Crippen LogP contribution in [0.1, 0.15) is 69.8 Å². The Kier molecular flexibility index (Phi) is 11.6. The van der Waals surface area contributed by atoms with Gasteiger partial charge in [0.1, 0.15) is 0 Å². The van der Waals surface area contributed by atoms with E-state index in [2.05, 4.69) is 37.4 Å². The number of hydrogen-bond acceptors (Lipinski definition) is 0. The van der Waals surface area contributed by atoms with E-state index in [1.165, 1.54) is 125 Å². The van der Waals surface area contributed by atoms with Gasteiger partial charge < -0.3 is 42.9 Å². The third-order valence-electron chi connectivity index (χ3n) is 8.80. The molecule has 1 unspecified atom stereocenters. The Labute approximate surface area is 213 Å². The number of halogens is 2. The van der Waals surface area contributed by atoms with Gasteiger partial charge in [0.15, 0.2) is 0 Å². The molecular weight excluding hydrogens is 512 g/mol. The number of likely N-dealkylation sites (tertiary alicyclic amines) is 1. The molecule has 31 heavy (non-hydrogen) atoms. The fraction of sp³-hybridized carbons (Fsp3) is 0.778. The minimum atomic E-state index is 0. The summed E-state index contributed by atoms with van der Waals surface area (Å²) < 4.78 is 2.83. The van der Waals surface area contributed by atoms with Crippen molar-refractivity contribution in [3.05, 3.63) is 35.9 Å². The van der Waals surface area contributed by atoms with E-state index in [0.717, 1.165) is 11.8 Å². The lowest BCUT2D eigenvalue weighted by atomic mass is 9.74. The van der Waals surface area contributed by atoms with Crippen molar-refractivity contribution in [2.75, 3.05) is 52.9 Å². The zero-order chi connectivity index (χ0) is 20.0. The lowest BCUT2D eigenvalue weighted by Crippen LogP contribution is -3.00. The van der Waals surface area contributed by atoms with Gasteiger partial charge in [-0.3, -0.25) is 0 Å². The maximum atomic E-state index is 2.50. The molecular formula is C27H46Br2N2. The highest BCUT2D eigenvalue weighted by Gasteiger charge is 2.45. The van der Waals surface area contributed by atoms with Crippen LogP contribution in [0.3, 0.4) is 0 Å². The maximum Gasteiger partial charge on any atom is 0.0821 e. The van der Waals surface area contributed by atoms with Gasteiger partial charge in [-0.25, -0.2) is 0 Å². The number of unbranched alkanes of at least 4 members (excludes halogenated alkanes) is 4. The summed E-state index contributed by atoms with van der Waals surface area (Å²) >= 11 is 0. The number of quaternary nitrogens is 2. The SMILES string of the molecule is C[N+]1(CCCCCCC[N+]23CCC(CC2)C(Cc2ccccc2)C3)CCCCC1.[Br-].[Br-]. The van der Waals surface area contributed by atoms with Crippen LogP contribution >= 0.6 is 0 Å². The van der Waals surface area contributed by atoms with Crippen molar-refractivity contribution < 1.29 is 42.9 Å². The van der Waals surface area contributed by atoms with E-state index in [0.29, 0.717) is 0 Å². The maximum absolute atomic E-state index is 2.50. The van der Waals surface area contributed by atoms with E-state index in [1.54, 1.807) is 5.56 Å². The molecule has 0 amide bonds. The van der Waals surface area contributed by atoms with Crippen molar-refractivity contribution in [1.82, 2.24) is 0 Å². The molecule has 5 rings (SSSR count). The Morgan fingerprint density at radius 1 is 0.742 bits per heavy atom. The summed E-state index contributed by atoms with van der Waals surface area (Å²) in [7, 11) is 2.50. The van der Waals surface area contributed by atoms with Gasteiger partial charge in [-0.2, -0.15) is 0 Å². The van der Waals surface area contributed by atoms with Crippen LogP contribution in [0.4, 0.5) is 0 Å².